The maximum absolute atomic E-state index is 11.6. The number of aldehydes is 2. The summed E-state index contributed by atoms with van der Waals surface area (Å²) >= 11 is 0. The average Bonchev–Trinajstić information content (AvgIpc) is 2.89. The Morgan fingerprint density at radius 1 is 0.800 bits per heavy atom. The summed E-state index contributed by atoms with van der Waals surface area (Å²) in [7, 11) is 3.02. The maximum atomic E-state index is 11.6. The molecule has 0 aliphatic carbocycles. The van der Waals surface area contributed by atoms with Gasteiger partial charge in [0, 0.05) is 18.7 Å². The Kier molecular flexibility index (Phi) is 8.83. The van der Waals surface area contributed by atoms with E-state index in [1.54, 1.807) is 48.5 Å². The normalized spacial score (nSPS) is 10.3. The van der Waals surface area contributed by atoms with Crippen molar-refractivity contribution in [1.29, 1.82) is 0 Å². The van der Waals surface area contributed by atoms with Gasteiger partial charge in [-0.15, -0.1) is 0 Å². The molecule has 0 aliphatic heterocycles. The van der Waals surface area contributed by atoms with E-state index in [0.717, 1.165) is 29.3 Å². The molecule has 0 heterocycles. The highest BCUT2D eigenvalue weighted by Gasteiger charge is 2.09. The van der Waals surface area contributed by atoms with Crippen molar-refractivity contribution in [1.82, 2.24) is 5.32 Å². The monoisotopic (exact) mass is 477 g/mol. The lowest BCUT2D eigenvalue weighted by Crippen LogP contribution is -2.24. The van der Waals surface area contributed by atoms with E-state index in [9.17, 15) is 14.4 Å². The van der Waals surface area contributed by atoms with Crippen LogP contribution in [0.4, 0.5) is 0 Å². The molecule has 0 radical (unpaired) electrons. The minimum absolute atomic E-state index is 0.127. The minimum Gasteiger partial charge on any atom is -0.496 e. The molecule has 3 aromatic rings. The van der Waals surface area contributed by atoms with Crippen LogP contribution < -0.4 is 24.3 Å². The van der Waals surface area contributed by atoms with Gasteiger partial charge in [-0.1, -0.05) is 0 Å². The highest BCUT2D eigenvalue weighted by Crippen LogP contribution is 2.26. The number of hydrogen-bond acceptors (Lipinski definition) is 7. The number of rotatable bonds is 12. The molecule has 3 aromatic carbocycles. The number of benzene rings is 3. The van der Waals surface area contributed by atoms with E-state index in [2.05, 4.69) is 5.32 Å². The Morgan fingerprint density at radius 3 is 1.94 bits per heavy atom. The van der Waals surface area contributed by atoms with E-state index in [4.69, 9.17) is 18.9 Å². The van der Waals surface area contributed by atoms with Crippen LogP contribution in [-0.2, 0) is 18.0 Å². The molecule has 0 saturated carbocycles. The zero-order valence-electron chi connectivity index (χ0n) is 19.8. The van der Waals surface area contributed by atoms with Gasteiger partial charge in [-0.3, -0.25) is 14.4 Å². The molecule has 0 unspecified atom stereocenters. The molecule has 0 bridgehead atoms. The first-order valence-corrected chi connectivity index (χ1v) is 10.9. The Balaban J connectivity index is 1.77. The average molecular weight is 478 g/mol. The largest absolute Gasteiger partial charge is 0.496 e. The van der Waals surface area contributed by atoms with Gasteiger partial charge < -0.3 is 24.3 Å². The molecular weight excluding hydrogens is 450 g/mol. The molecule has 0 fully saturated rings. The lowest BCUT2D eigenvalue weighted by Gasteiger charge is -2.14. The molecule has 3 rings (SSSR count). The van der Waals surface area contributed by atoms with E-state index >= 15 is 0 Å². The van der Waals surface area contributed by atoms with Gasteiger partial charge in [-0.2, -0.15) is 0 Å². The molecule has 182 valence electrons. The van der Waals surface area contributed by atoms with Crippen LogP contribution in [0.15, 0.2) is 54.6 Å². The van der Waals surface area contributed by atoms with Crippen LogP contribution in [0.2, 0.25) is 0 Å². The molecule has 8 nitrogen and oxygen atoms in total. The first-order valence-electron chi connectivity index (χ1n) is 10.9. The standard InChI is InChI=1S/C27H27NO7/c1-18-8-23(6-4-21(18)13-29)33-15-19-9-20(11-25(10-19)35-17-27(31)28-2)16-34-24-7-5-22(14-30)26(12-24)32-3/h4-14H,15-17H2,1-3H3,(H,28,31). The third-order valence-electron chi connectivity index (χ3n) is 5.19. The molecular formula is C27H27NO7. The first kappa shape index (κ1) is 25.3. The van der Waals surface area contributed by atoms with Gasteiger partial charge in [-0.25, -0.2) is 0 Å². The number of aryl methyl sites for hydroxylation is 1. The molecule has 0 spiro atoms. The molecule has 0 aromatic heterocycles. The third kappa shape index (κ3) is 7.07. The van der Waals surface area contributed by atoms with Crippen LogP contribution >= 0.6 is 0 Å². The Labute approximate surface area is 203 Å². The van der Waals surface area contributed by atoms with Crippen molar-refractivity contribution in [2.24, 2.45) is 0 Å². The summed E-state index contributed by atoms with van der Waals surface area (Å²) in [5.74, 6) is 1.83. The van der Waals surface area contributed by atoms with Gasteiger partial charge >= 0.3 is 0 Å². The lowest BCUT2D eigenvalue weighted by molar-refractivity contribution is -0.122. The summed E-state index contributed by atoms with van der Waals surface area (Å²) < 4.78 is 22.7. The molecule has 1 amide bonds. The van der Waals surface area contributed by atoms with Crippen molar-refractivity contribution >= 4 is 18.5 Å². The summed E-state index contributed by atoms with van der Waals surface area (Å²) in [6, 6.07) is 15.7. The highest BCUT2D eigenvalue weighted by molar-refractivity contribution is 5.80. The van der Waals surface area contributed by atoms with Crippen molar-refractivity contribution < 1.29 is 33.3 Å². The van der Waals surface area contributed by atoms with E-state index in [1.165, 1.54) is 14.2 Å². The number of carbonyl (C=O) groups is 3. The smallest absolute Gasteiger partial charge is 0.257 e. The predicted octanol–water partition coefficient (Wildman–Crippen LogP) is 3.91. The SMILES string of the molecule is CNC(=O)COc1cc(COc2ccc(C=O)c(C)c2)cc(COc2ccc(C=O)c(OC)c2)c1. The second-order valence-corrected chi connectivity index (χ2v) is 7.68. The van der Waals surface area contributed by atoms with Gasteiger partial charge in [0.1, 0.15) is 42.5 Å². The highest BCUT2D eigenvalue weighted by atomic mass is 16.5. The second kappa shape index (κ2) is 12.2. The molecule has 35 heavy (non-hydrogen) atoms. The zero-order chi connectivity index (χ0) is 25.2. The Bertz CT molecular complexity index is 1210. The van der Waals surface area contributed by atoms with Gasteiger partial charge in [0.2, 0.25) is 0 Å². The predicted molar refractivity (Wildman–Crippen MR) is 130 cm³/mol. The molecule has 8 heteroatoms. The van der Waals surface area contributed by atoms with Crippen molar-refractivity contribution in [2.45, 2.75) is 20.1 Å². The van der Waals surface area contributed by atoms with Crippen LogP contribution in [0.1, 0.15) is 37.4 Å². The summed E-state index contributed by atoms with van der Waals surface area (Å²) in [6.07, 6.45) is 1.52. The lowest BCUT2D eigenvalue weighted by atomic mass is 10.1. The fraction of sp³-hybridized carbons (Fsp3) is 0.222. The first-order chi connectivity index (χ1) is 16.9. The number of methoxy groups -OCH3 is 1. The minimum atomic E-state index is -0.252. The fourth-order valence-corrected chi connectivity index (χ4v) is 3.28. The van der Waals surface area contributed by atoms with Gasteiger partial charge in [0.15, 0.2) is 12.9 Å². The van der Waals surface area contributed by atoms with Crippen LogP contribution in [0.5, 0.6) is 23.0 Å². The molecule has 1 N–H and O–H groups in total. The van der Waals surface area contributed by atoms with Crippen LogP contribution in [0.3, 0.4) is 0 Å². The maximum Gasteiger partial charge on any atom is 0.257 e. The van der Waals surface area contributed by atoms with Crippen molar-refractivity contribution in [2.75, 3.05) is 20.8 Å². The Morgan fingerprint density at radius 2 is 1.40 bits per heavy atom. The molecule has 0 saturated heterocycles. The van der Waals surface area contributed by atoms with Gasteiger partial charge in [0.05, 0.1) is 12.7 Å². The van der Waals surface area contributed by atoms with Gasteiger partial charge in [0.25, 0.3) is 5.91 Å². The van der Waals surface area contributed by atoms with Crippen molar-refractivity contribution in [3.05, 3.63) is 82.4 Å². The van der Waals surface area contributed by atoms with E-state index < -0.39 is 0 Å². The van der Waals surface area contributed by atoms with Crippen LogP contribution in [0.25, 0.3) is 0 Å². The molecule has 0 atom stereocenters. The number of nitrogens with one attached hydrogen (secondary N) is 1. The van der Waals surface area contributed by atoms with E-state index in [1.807, 2.05) is 13.0 Å². The van der Waals surface area contributed by atoms with E-state index in [-0.39, 0.29) is 25.7 Å². The van der Waals surface area contributed by atoms with Gasteiger partial charge in [-0.05, 0) is 72.1 Å². The third-order valence-corrected chi connectivity index (χ3v) is 5.19. The topological polar surface area (TPSA) is 100 Å². The number of hydrogen-bond donors (Lipinski definition) is 1. The Hall–Kier alpha value is -4.33. The number of amides is 1. The number of ether oxygens (including phenoxy) is 4. The summed E-state index contributed by atoms with van der Waals surface area (Å²) in [5, 5.41) is 2.52. The number of likely N-dealkylation sites (N-methyl/N-ethyl adjacent to an activating group) is 1. The quantitative estimate of drug-likeness (QED) is 0.395. The fourth-order valence-electron chi connectivity index (χ4n) is 3.28. The van der Waals surface area contributed by atoms with E-state index in [0.29, 0.717) is 34.1 Å². The number of carbonyl (C=O) groups excluding carboxylic acids is 3. The molecule has 0 aliphatic rings. The van der Waals surface area contributed by atoms with Crippen molar-refractivity contribution in [3.8, 4) is 23.0 Å². The van der Waals surface area contributed by atoms with Crippen LogP contribution in [0, 0.1) is 6.92 Å². The summed E-state index contributed by atoms with van der Waals surface area (Å²) in [4.78, 5) is 33.8. The van der Waals surface area contributed by atoms with Crippen LogP contribution in [-0.4, -0.2) is 39.2 Å². The summed E-state index contributed by atoms with van der Waals surface area (Å²) in [5.41, 5.74) is 3.47. The van der Waals surface area contributed by atoms with Crippen molar-refractivity contribution in [3.63, 3.8) is 0 Å². The summed E-state index contributed by atoms with van der Waals surface area (Å²) in [6.45, 7) is 2.17. The zero-order valence-corrected chi connectivity index (χ0v) is 19.8. The second-order valence-electron chi connectivity index (χ2n) is 7.68.